The van der Waals surface area contributed by atoms with Gasteiger partial charge in [0.25, 0.3) is 0 Å². The first-order valence-corrected chi connectivity index (χ1v) is 5.88. The van der Waals surface area contributed by atoms with Crippen LogP contribution in [-0.4, -0.2) is 17.9 Å². The molecule has 1 aliphatic rings. The maximum atomic E-state index is 11.9. The Morgan fingerprint density at radius 2 is 2.11 bits per heavy atom. The van der Waals surface area contributed by atoms with Gasteiger partial charge in [-0.2, -0.15) is 0 Å². The van der Waals surface area contributed by atoms with Crippen molar-refractivity contribution in [2.45, 2.75) is 32.9 Å². The van der Waals surface area contributed by atoms with E-state index in [0.717, 1.165) is 22.4 Å². The SMILES string of the molecule is Cc1ccc2c(c1C)NC(=O)C2NC(C)C(N)=O. The van der Waals surface area contributed by atoms with Crippen LogP contribution in [0.2, 0.25) is 0 Å². The van der Waals surface area contributed by atoms with Crippen molar-refractivity contribution in [3.8, 4) is 0 Å². The van der Waals surface area contributed by atoms with Crippen LogP contribution in [0.1, 0.15) is 29.7 Å². The number of nitrogens with one attached hydrogen (secondary N) is 2. The van der Waals surface area contributed by atoms with Crippen molar-refractivity contribution in [2.24, 2.45) is 5.73 Å². The third kappa shape index (κ3) is 1.97. The summed E-state index contributed by atoms with van der Waals surface area (Å²) in [5.74, 6) is -0.619. The molecule has 96 valence electrons. The number of benzene rings is 1. The third-order valence-corrected chi connectivity index (χ3v) is 3.43. The molecular weight excluding hydrogens is 230 g/mol. The van der Waals surface area contributed by atoms with E-state index in [9.17, 15) is 9.59 Å². The number of rotatable bonds is 3. The minimum atomic E-state index is -0.548. The highest BCUT2D eigenvalue weighted by Gasteiger charge is 2.33. The van der Waals surface area contributed by atoms with Gasteiger partial charge in [0, 0.05) is 11.3 Å². The van der Waals surface area contributed by atoms with Gasteiger partial charge in [-0.05, 0) is 31.9 Å². The van der Waals surface area contributed by atoms with Crippen LogP contribution in [0, 0.1) is 13.8 Å². The molecule has 1 aliphatic heterocycles. The van der Waals surface area contributed by atoms with Crippen LogP contribution < -0.4 is 16.4 Å². The Bertz CT molecular complexity index is 525. The molecule has 2 unspecified atom stereocenters. The number of fused-ring (bicyclic) bond motifs is 1. The molecule has 5 nitrogen and oxygen atoms in total. The molecule has 2 rings (SSSR count). The lowest BCUT2D eigenvalue weighted by atomic mass is 10.0. The lowest BCUT2D eigenvalue weighted by Crippen LogP contribution is -2.42. The molecule has 0 aromatic heterocycles. The van der Waals surface area contributed by atoms with E-state index in [2.05, 4.69) is 10.6 Å². The van der Waals surface area contributed by atoms with Gasteiger partial charge in [-0.1, -0.05) is 12.1 Å². The van der Waals surface area contributed by atoms with E-state index >= 15 is 0 Å². The maximum absolute atomic E-state index is 11.9. The normalized spacial score (nSPS) is 19.3. The molecule has 0 spiro atoms. The molecule has 0 saturated heterocycles. The van der Waals surface area contributed by atoms with Gasteiger partial charge < -0.3 is 11.1 Å². The molecule has 0 bridgehead atoms. The number of carbonyl (C=O) groups excluding carboxylic acids is 2. The number of aryl methyl sites for hydroxylation is 1. The van der Waals surface area contributed by atoms with Crippen LogP contribution in [0.4, 0.5) is 5.69 Å². The Balaban J connectivity index is 2.34. The molecule has 1 aromatic carbocycles. The summed E-state index contributed by atoms with van der Waals surface area (Å²) in [4.78, 5) is 23.0. The molecular formula is C13H17N3O2. The fraction of sp³-hybridized carbons (Fsp3) is 0.385. The van der Waals surface area contributed by atoms with Crippen molar-refractivity contribution in [1.82, 2.24) is 5.32 Å². The average molecular weight is 247 g/mol. The van der Waals surface area contributed by atoms with E-state index in [1.165, 1.54) is 0 Å². The summed E-state index contributed by atoms with van der Waals surface area (Å²) in [6.45, 7) is 5.61. The van der Waals surface area contributed by atoms with Gasteiger partial charge in [-0.15, -0.1) is 0 Å². The van der Waals surface area contributed by atoms with Gasteiger partial charge in [0.2, 0.25) is 11.8 Å². The molecule has 5 heteroatoms. The Labute approximate surface area is 106 Å². The largest absolute Gasteiger partial charge is 0.368 e. The van der Waals surface area contributed by atoms with Gasteiger partial charge >= 0.3 is 0 Å². The Hall–Kier alpha value is -1.88. The van der Waals surface area contributed by atoms with Crippen molar-refractivity contribution in [3.05, 3.63) is 28.8 Å². The first-order valence-electron chi connectivity index (χ1n) is 5.88. The number of nitrogens with two attached hydrogens (primary N) is 1. The topological polar surface area (TPSA) is 84.2 Å². The molecule has 2 atom stereocenters. The van der Waals surface area contributed by atoms with Crippen LogP contribution in [0.3, 0.4) is 0 Å². The van der Waals surface area contributed by atoms with Gasteiger partial charge in [0.05, 0.1) is 6.04 Å². The van der Waals surface area contributed by atoms with E-state index in [1.54, 1.807) is 6.92 Å². The lowest BCUT2D eigenvalue weighted by Gasteiger charge is -2.16. The highest BCUT2D eigenvalue weighted by Crippen LogP contribution is 2.35. The summed E-state index contributed by atoms with van der Waals surface area (Å²) in [7, 11) is 0. The first kappa shape index (κ1) is 12.6. The van der Waals surface area contributed by atoms with Crippen LogP contribution in [0.15, 0.2) is 12.1 Å². The Kier molecular flexibility index (Phi) is 3.09. The summed E-state index contributed by atoms with van der Waals surface area (Å²) in [6, 6.07) is 2.81. The van der Waals surface area contributed by atoms with Crippen molar-refractivity contribution in [3.63, 3.8) is 0 Å². The predicted octanol–water partition coefficient (Wildman–Crippen LogP) is 0.760. The van der Waals surface area contributed by atoms with E-state index in [0.29, 0.717) is 0 Å². The van der Waals surface area contributed by atoms with Gasteiger partial charge in [-0.3, -0.25) is 14.9 Å². The maximum Gasteiger partial charge on any atom is 0.246 e. The molecule has 0 fully saturated rings. The van der Waals surface area contributed by atoms with E-state index < -0.39 is 18.0 Å². The Morgan fingerprint density at radius 1 is 1.44 bits per heavy atom. The molecule has 2 amide bonds. The van der Waals surface area contributed by atoms with Gasteiger partial charge in [-0.25, -0.2) is 0 Å². The molecule has 0 aliphatic carbocycles. The van der Waals surface area contributed by atoms with Gasteiger partial charge in [0.15, 0.2) is 0 Å². The second-order valence-electron chi connectivity index (χ2n) is 4.68. The van der Waals surface area contributed by atoms with E-state index in [4.69, 9.17) is 5.73 Å². The highest BCUT2D eigenvalue weighted by molar-refractivity contribution is 6.03. The number of primary amides is 1. The lowest BCUT2D eigenvalue weighted by molar-refractivity contribution is -0.121. The van der Waals surface area contributed by atoms with Crippen molar-refractivity contribution < 1.29 is 9.59 Å². The summed E-state index contributed by atoms with van der Waals surface area (Å²) < 4.78 is 0. The first-order chi connectivity index (χ1) is 8.41. The smallest absolute Gasteiger partial charge is 0.246 e. The van der Waals surface area contributed by atoms with E-state index in [-0.39, 0.29) is 5.91 Å². The summed E-state index contributed by atoms with van der Waals surface area (Å²) in [5, 5.41) is 5.79. The van der Waals surface area contributed by atoms with Crippen molar-refractivity contribution in [1.29, 1.82) is 0 Å². The summed E-state index contributed by atoms with van der Waals surface area (Å²) in [6.07, 6.45) is 0. The number of hydrogen-bond donors (Lipinski definition) is 3. The Morgan fingerprint density at radius 3 is 2.72 bits per heavy atom. The quantitative estimate of drug-likeness (QED) is 0.737. The second kappa shape index (κ2) is 4.42. The van der Waals surface area contributed by atoms with E-state index in [1.807, 2.05) is 26.0 Å². The summed E-state index contributed by atoms with van der Waals surface area (Å²) in [5.41, 5.74) is 9.09. The zero-order valence-electron chi connectivity index (χ0n) is 10.7. The van der Waals surface area contributed by atoms with Crippen LogP contribution in [0.5, 0.6) is 0 Å². The average Bonchev–Trinajstić information content (AvgIpc) is 2.62. The minimum Gasteiger partial charge on any atom is -0.368 e. The van der Waals surface area contributed by atoms with Crippen molar-refractivity contribution in [2.75, 3.05) is 5.32 Å². The molecule has 18 heavy (non-hydrogen) atoms. The molecule has 0 radical (unpaired) electrons. The van der Waals surface area contributed by atoms with Crippen LogP contribution >= 0.6 is 0 Å². The summed E-state index contributed by atoms with van der Waals surface area (Å²) >= 11 is 0. The molecule has 4 N–H and O–H groups in total. The monoisotopic (exact) mass is 247 g/mol. The predicted molar refractivity (Wildman–Crippen MR) is 69.1 cm³/mol. The fourth-order valence-electron chi connectivity index (χ4n) is 2.08. The number of hydrogen-bond acceptors (Lipinski definition) is 3. The molecule has 1 aromatic rings. The fourth-order valence-corrected chi connectivity index (χ4v) is 2.08. The third-order valence-electron chi connectivity index (χ3n) is 3.43. The molecule has 1 heterocycles. The zero-order chi connectivity index (χ0) is 13.4. The van der Waals surface area contributed by atoms with Gasteiger partial charge in [0.1, 0.15) is 6.04 Å². The van der Waals surface area contributed by atoms with Crippen LogP contribution in [0.25, 0.3) is 0 Å². The second-order valence-corrected chi connectivity index (χ2v) is 4.68. The van der Waals surface area contributed by atoms with Crippen molar-refractivity contribution >= 4 is 17.5 Å². The minimum absolute atomic E-state index is 0.146. The molecule has 0 saturated carbocycles. The number of anilines is 1. The highest BCUT2D eigenvalue weighted by atomic mass is 16.2. The van der Waals surface area contributed by atoms with Crippen LogP contribution in [-0.2, 0) is 9.59 Å². The zero-order valence-corrected chi connectivity index (χ0v) is 10.7. The number of carbonyl (C=O) groups is 2. The standard InChI is InChI=1S/C13H17N3O2/c1-6-4-5-9-10(7(6)2)16-13(18)11(9)15-8(3)12(14)17/h4-5,8,11,15H,1-3H3,(H2,14,17)(H,16,18). The number of amides is 2.